The average Bonchev–Trinajstić information content (AvgIpc) is 2.89. The van der Waals surface area contributed by atoms with Gasteiger partial charge in [-0.1, -0.05) is 94.7 Å². The van der Waals surface area contributed by atoms with Crippen LogP contribution in [-0.4, -0.2) is 13.7 Å². The molecule has 192 valence electrons. The van der Waals surface area contributed by atoms with Crippen LogP contribution >= 0.6 is 0 Å². The van der Waals surface area contributed by atoms with Gasteiger partial charge in [-0.25, -0.2) is 4.39 Å². The predicted molar refractivity (Wildman–Crippen MR) is 146 cm³/mol. The summed E-state index contributed by atoms with van der Waals surface area (Å²) in [6, 6.07) is 14.6. The number of benzene rings is 2. The monoisotopic (exact) mass is 478 g/mol. The van der Waals surface area contributed by atoms with E-state index in [-0.39, 0.29) is 5.82 Å². The molecule has 0 heterocycles. The van der Waals surface area contributed by atoms with Gasteiger partial charge in [0.05, 0.1) is 0 Å². The zero-order valence-electron chi connectivity index (χ0n) is 22.2. The molecular weight excluding hydrogens is 431 g/mol. The molecule has 0 amide bonds. The van der Waals surface area contributed by atoms with Crippen LogP contribution in [0.1, 0.15) is 95.1 Å². The topological polar surface area (TPSA) is 9.23 Å². The van der Waals surface area contributed by atoms with Crippen molar-refractivity contribution < 1.29 is 9.13 Å². The highest BCUT2D eigenvalue weighted by Gasteiger charge is 2.22. The van der Waals surface area contributed by atoms with Crippen LogP contribution in [0.15, 0.2) is 42.5 Å². The van der Waals surface area contributed by atoms with E-state index in [1.807, 2.05) is 6.07 Å². The van der Waals surface area contributed by atoms with Crippen molar-refractivity contribution in [2.45, 2.75) is 96.8 Å². The van der Waals surface area contributed by atoms with E-state index in [2.05, 4.69) is 37.3 Å². The highest BCUT2D eigenvalue weighted by molar-refractivity contribution is 5.64. The molecule has 0 aromatic heterocycles. The minimum atomic E-state index is -0.0807. The van der Waals surface area contributed by atoms with Crippen molar-refractivity contribution in [3.63, 3.8) is 0 Å². The molecule has 2 aliphatic carbocycles. The Hall–Kier alpha value is -1.67. The van der Waals surface area contributed by atoms with Crippen LogP contribution in [0.5, 0.6) is 0 Å². The Labute approximate surface area is 213 Å². The van der Waals surface area contributed by atoms with Crippen LogP contribution in [0.2, 0.25) is 0 Å². The third-order valence-electron chi connectivity index (χ3n) is 9.01. The van der Waals surface area contributed by atoms with E-state index in [1.165, 1.54) is 82.6 Å². The van der Waals surface area contributed by atoms with E-state index in [4.69, 9.17) is 4.74 Å². The minimum Gasteiger partial charge on any atom is -0.384 e. The number of aryl methyl sites for hydroxylation is 2. The molecule has 35 heavy (non-hydrogen) atoms. The van der Waals surface area contributed by atoms with Crippen molar-refractivity contribution in [2.24, 2.45) is 23.7 Å². The molecule has 0 aliphatic heterocycles. The lowest BCUT2D eigenvalue weighted by Gasteiger charge is -2.28. The fraction of sp³-hybridized carbons (Fsp3) is 0.636. The Kier molecular flexibility index (Phi) is 10.2. The first-order valence-corrected chi connectivity index (χ1v) is 14.5. The number of hydrogen-bond donors (Lipinski definition) is 0. The Morgan fingerprint density at radius 1 is 0.686 bits per heavy atom. The molecule has 2 aliphatic rings. The summed E-state index contributed by atoms with van der Waals surface area (Å²) in [5.74, 6) is 3.32. The molecule has 1 nitrogen and oxygen atoms in total. The molecule has 0 unspecified atom stereocenters. The zero-order chi connectivity index (χ0) is 24.5. The van der Waals surface area contributed by atoms with Gasteiger partial charge in [-0.05, 0) is 85.0 Å². The van der Waals surface area contributed by atoms with Crippen LogP contribution in [0.3, 0.4) is 0 Å². The van der Waals surface area contributed by atoms with Crippen molar-refractivity contribution in [3.8, 4) is 11.1 Å². The maximum atomic E-state index is 15.0. The normalized spacial score (nSPS) is 25.0. The molecular formula is C33H47FO. The first kappa shape index (κ1) is 26.4. The third kappa shape index (κ3) is 7.91. The van der Waals surface area contributed by atoms with Crippen LogP contribution in [0.25, 0.3) is 11.1 Å². The molecule has 0 spiro atoms. The molecule has 2 aromatic rings. The number of methoxy groups -OCH3 is 1. The smallest absolute Gasteiger partial charge is 0.131 e. The van der Waals surface area contributed by atoms with Crippen LogP contribution in [-0.2, 0) is 17.6 Å². The van der Waals surface area contributed by atoms with Crippen molar-refractivity contribution >= 4 is 0 Å². The summed E-state index contributed by atoms with van der Waals surface area (Å²) in [4.78, 5) is 0. The number of halogens is 1. The van der Waals surface area contributed by atoms with E-state index in [0.29, 0.717) is 0 Å². The predicted octanol–water partition coefficient (Wildman–Crippen LogP) is 9.42. The fourth-order valence-electron chi connectivity index (χ4n) is 6.68. The van der Waals surface area contributed by atoms with Crippen molar-refractivity contribution in [3.05, 3.63) is 59.4 Å². The first-order valence-electron chi connectivity index (χ1n) is 14.5. The van der Waals surface area contributed by atoms with Crippen molar-refractivity contribution in [1.29, 1.82) is 0 Å². The standard InChI is InChI=1S/C33H47FO/c1-3-4-25-5-7-26(8-6-25)9-10-28-17-20-31(21-18-28)32-22-19-29(23-33(32)34)14-11-27-12-15-30(16-13-27)24-35-2/h17-23,25-27,30H,3-16,24H2,1-2H3. The van der Waals surface area contributed by atoms with Gasteiger partial charge in [0, 0.05) is 19.3 Å². The molecule has 0 saturated heterocycles. The van der Waals surface area contributed by atoms with Gasteiger partial charge in [-0.2, -0.15) is 0 Å². The molecule has 0 N–H and O–H groups in total. The second-order valence-electron chi connectivity index (χ2n) is 11.6. The zero-order valence-corrected chi connectivity index (χ0v) is 22.2. The summed E-state index contributed by atoms with van der Waals surface area (Å²) in [5.41, 5.74) is 4.25. The van der Waals surface area contributed by atoms with Gasteiger partial charge in [-0.3, -0.25) is 0 Å². The van der Waals surface area contributed by atoms with Crippen LogP contribution in [0, 0.1) is 29.5 Å². The van der Waals surface area contributed by atoms with Gasteiger partial charge in [0.1, 0.15) is 5.82 Å². The molecule has 4 rings (SSSR count). The molecule has 0 bridgehead atoms. The second kappa shape index (κ2) is 13.6. The Morgan fingerprint density at radius 3 is 1.74 bits per heavy atom. The molecule has 0 atom stereocenters. The van der Waals surface area contributed by atoms with Gasteiger partial charge >= 0.3 is 0 Å². The highest BCUT2D eigenvalue weighted by Crippen LogP contribution is 2.35. The summed E-state index contributed by atoms with van der Waals surface area (Å²) < 4.78 is 20.3. The number of hydrogen-bond acceptors (Lipinski definition) is 1. The lowest BCUT2D eigenvalue weighted by molar-refractivity contribution is 0.117. The Morgan fingerprint density at radius 2 is 1.20 bits per heavy atom. The van der Waals surface area contributed by atoms with Crippen molar-refractivity contribution in [1.82, 2.24) is 0 Å². The lowest BCUT2D eigenvalue weighted by atomic mass is 9.78. The van der Waals surface area contributed by atoms with E-state index >= 15 is 4.39 Å². The first-order chi connectivity index (χ1) is 17.1. The number of ether oxygens (including phenoxy) is 1. The summed E-state index contributed by atoms with van der Waals surface area (Å²) >= 11 is 0. The largest absolute Gasteiger partial charge is 0.384 e. The van der Waals surface area contributed by atoms with Gasteiger partial charge < -0.3 is 4.74 Å². The fourth-order valence-corrected chi connectivity index (χ4v) is 6.68. The Bertz CT molecular complexity index is 872. The highest BCUT2D eigenvalue weighted by atomic mass is 19.1. The van der Waals surface area contributed by atoms with E-state index in [0.717, 1.165) is 59.8 Å². The van der Waals surface area contributed by atoms with Gasteiger partial charge in [0.15, 0.2) is 0 Å². The molecule has 2 heteroatoms. The maximum absolute atomic E-state index is 15.0. The third-order valence-corrected chi connectivity index (χ3v) is 9.01. The van der Waals surface area contributed by atoms with Crippen LogP contribution in [0.4, 0.5) is 4.39 Å². The second-order valence-corrected chi connectivity index (χ2v) is 11.6. The van der Waals surface area contributed by atoms with Gasteiger partial charge in [-0.15, -0.1) is 0 Å². The lowest BCUT2D eigenvalue weighted by Crippen LogP contribution is -2.18. The van der Waals surface area contributed by atoms with E-state index in [9.17, 15) is 0 Å². The van der Waals surface area contributed by atoms with E-state index in [1.54, 1.807) is 13.2 Å². The summed E-state index contributed by atoms with van der Waals surface area (Å²) in [6.45, 7) is 3.22. The average molecular weight is 479 g/mol. The minimum absolute atomic E-state index is 0.0807. The summed E-state index contributed by atoms with van der Waals surface area (Å²) in [5, 5.41) is 0. The quantitative estimate of drug-likeness (QED) is 0.312. The molecule has 2 saturated carbocycles. The van der Waals surface area contributed by atoms with Crippen molar-refractivity contribution in [2.75, 3.05) is 13.7 Å². The van der Waals surface area contributed by atoms with E-state index < -0.39 is 0 Å². The van der Waals surface area contributed by atoms with Gasteiger partial charge in [0.2, 0.25) is 0 Å². The molecule has 2 fully saturated rings. The molecule has 2 aromatic carbocycles. The summed E-state index contributed by atoms with van der Waals surface area (Å²) in [6.07, 6.45) is 18.2. The maximum Gasteiger partial charge on any atom is 0.131 e. The van der Waals surface area contributed by atoms with Gasteiger partial charge in [0.25, 0.3) is 0 Å². The molecule has 0 radical (unpaired) electrons. The summed E-state index contributed by atoms with van der Waals surface area (Å²) in [7, 11) is 1.80. The SMILES string of the molecule is CCCC1CCC(CCc2ccc(-c3ccc(CCC4CCC(COC)CC4)cc3F)cc2)CC1. The Balaban J connectivity index is 1.23. The van der Waals surface area contributed by atoms with Crippen LogP contribution < -0.4 is 0 Å². The number of rotatable bonds is 11.